The molecule has 2 atom stereocenters. The van der Waals surface area contributed by atoms with E-state index in [0.29, 0.717) is 25.9 Å². The summed E-state index contributed by atoms with van der Waals surface area (Å²) >= 11 is 0. The lowest BCUT2D eigenvalue weighted by Gasteiger charge is -2.43. The summed E-state index contributed by atoms with van der Waals surface area (Å²) in [5.74, 6) is 0. The molecular weight excluding hydrogens is 392 g/mol. The summed E-state index contributed by atoms with van der Waals surface area (Å²) in [5.41, 5.74) is 0. The van der Waals surface area contributed by atoms with Crippen molar-refractivity contribution in [2.24, 2.45) is 0 Å². The van der Waals surface area contributed by atoms with Crippen LogP contribution in [-0.4, -0.2) is 51.1 Å². The Kier molecular flexibility index (Phi) is 9.72. The molecule has 30 heavy (non-hydrogen) atoms. The second-order valence-corrected chi connectivity index (χ2v) is 13.2. The van der Waals surface area contributed by atoms with Crippen molar-refractivity contribution in [3.05, 3.63) is 60.7 Å². The van der Waals surface area contributed by atoms with Crippen LogP contribution in [0.25, 0.3) is 0 Å². The Morgan fingerprint density at radius 3 is 1.83 bits per heavy atom. The first-order valence-corrected chi connectivity index (χ1v) is 12.8. The highest BCUT2D eigenvalue weighted by atomic mass is 28.4. The summed E-state index contributed by atoms with van der Waals surface area (Å²) in [5, 5.41) is 22.0. The Hall–Kier alpha value is -1.50. The molecule has 0 amide bonds. The zero-order chi connectivity index (χ0) is 22.0. The summed E-state index contributed by atoms with van der Waals surface area (Å²) in [6.07, 6.45) is 1.86. The summed E-state index contributed by atoms with van der Waals surface area (Å²) in [4.78, 5) is 0. The maximum atomic E-state index is 10.5. The van der Waals surface area contributed by atoms with Crippen molar-refractivity contribution in [1.29, 1.82) is 0 Å². The lowest BCUT2D eigenvalue weighted by molar-refractivity contribution is -0.0246. The van der Waals surface area contributed by atoms with Crippen LogP contribution < -0.4 is 10.4 Å². The molecule has 5 heteroatoms. The summed E-state index contributed by atoms with van der Waals surface area (Å²) in [7, 11) is -0.909. The van der Waals surface area contributed by atoms with Crippen molar-refractivity contribution >= 4 is 18.7 Å². The average molecular weight is 431 g/mol. The zero-order valence-electron chi connectivity index (χ0n) is 18.9. The Labute approximate surface area is 183 Å². The van der Waals surface area contributed by atoms with Crippen molar-refractivity contribution in [3.8, 4) is 0 Å². The molecule has 0 saturated heterocycles. The van der Waals surface area contributed by atoms with E-state index in [-0.39, 0.29) is 17.7 Å². The van der Waals surface area contributed by atoms with Gasteiger partial charge in [-0.1, -0.05) is 81.4 Å². The molecule has 0 bridgehead atoms. The van der Waals surface area contributed by atoms with E-state index in [1.165, 1.54) is 10.4 Å². The largest absolute Gasteiger partial charge is 0.407 e. The Morgan fingerprint density at radius 2 is 1.40 bits per heavy atom. The van der Waals surface area contributed by atoms with Gasteiger partial charge in [0.05, 0.1) is 12.2 Å². The van der Waals surface area contributed by atoms with Gasteiger partial charge in [0.15, 0.2) is 0 Å². The first-order chi connectivity index (χ1) is 14.4. The van der Waals surface area contributed by atoms with Gasteiger partial charge < -0.3 is 19.4 Å². The normalized spacial score (nSPS) is 14.5. The molecule has 0 aliphatic heterocycles. The molecule has 4 nitrogen and oxygen atoms in total. The molecule has 2 aromatic carbocycles. The van der Waals surface area contributed by atoms with E-state index in [1.54, 1.807) is 7.11 Å². The highest BCUT2D eigenvalue weighted by Crippen LogP contribution is 2.36. The third-order valence-electron chi connectivity index (χ3n) is 5.76. The van der Waals surface area contributed by atoms with E-state index in [1.807, 2.05) is 12.1 Å². The summed E-state index contributed by atoms with van der Waals surface area (Å²) < 4.78 is 12.3. The van der Waals surface area contributed by atoms with E-state index >= 15 is 0 Å². The van der Waals surface area contributed by atoms with Crippen molar-refractivity contribution in [1.82, 2.24) is 0 Å². The van der Waals surface area contributed by atoms with E-state index in [9.17, 15) is 5.11 Å². The second-order valence-electron chi connectivity index (χ2n) is 8.86. The maximum absolute atomic E-state index is 10.5. The van der Waals surface area contributed by atoms with E-state index < -0.39 is 14.4 Å². The molecular formula is C25H38O4Si. The fourth-order valence-electron chi connectivity index (χ4n) is 4.23. The molecule has 166 valence electrons. The molecule has 0 aliphatic rings. The van der Waals surface area contributed by atoms with Gasteiger partial charge in [0.25, 0.3) is 8.32 Å². The van der Waals surface area contributed by atoms with Gasteiger partial charge in [-0.15, -0.1) is 0 Å². The predicted molar refractivity (Wildman–Crippen MR) is 126 cm³/mol. The van der Waals surface area contributed by atoms with Crippen LogP contribution in [0.15, 0.2) is 60.7 Å². The quantitative estimate of drug-likeness (QED) is 0.400. The molecule has 0 heterocycles. The molecule has 0 aromatic heterocycles. The van der Waals surface area contributed by atoms with Gasteiger partial charge in [-0.25, -0.2) is 0 Å². The number of aliphatic hydroxyl groups is 2. The predicted octanol–water partition coefficient (Wildman–Crippen LogP) is 3.49. The minimum atomic E-state index is -2.52. The fraction of sp³-hybridized carbons (Fsp3) is 0.520. The van der Waals surface area contributed by atoms with E-state index in [4.69, 9.17) is 14.3 Å². The minimum absolute atomic E-state index is 0.0511. The standard InChI is InChI=1S/C25H38O4Si/c1-25(2,3)30(21-13-7-5-8-14-21,22-15-9-6-10-16-22)29-20-12-17-23(27)24(28-4)18-11-19-26/h5-10,13-16,23-24,26-27H,11-12,17-20H2,1-4H3/t23-,24-/m0/s1. The highest BCUT2D eigenvalue weighted by Gasteiger charge is 2.49. The van der Waals surface area contributed by atoms with Crippen LogP contribution >= 0.6 is 0 Å². The van der Waals surface area contributed by atoms with Crippen molar-refractivity contribution in [2.75, 3.05) is 20.3 Å². The van der Waals surface area contributed by atoms with Gasteiger partial charge in [0, 0.05) is 20.3 Å². The average Bonchev–Trinajstić information content (AvgIpc) is 2.74. The number of methoxy groups -OCH3 is 1. The van der Waals surface area contributed by atoms with Gasteiger partial charge >= 0.3 is 0 Å². The zero-order valence-corrected chi connectivity index (χ0v) is 19.9. The van der Waals surface area contributed by atoms with Crippen LogP contribution in [0.2, 0.25) is 5.04 Å². The Balaban J connectivity index is 2.19. The van der Waals surface area contributed by atoms with E-state index in [0.717, 1.165) is 6.42 Å². The second kappa shape index (κ2) is 11.8. The van der Waals surface area contributed by atoms with Crippen LogP contribution in [0.4, 0.5) is 0 Å². The molecule has 2 aromatic rings. The molecule has 0 radical (unpaired) electrons. The first kappa shape index (κ1) is 24.8. The van der Waals surface area contributed by atoms with Gasteiger partial charge in [0.2, 0.25) is 0 Å². The SMILES string of the molecule is CO[C@@H](CCCO)[C@@H](O)CCCO[Si](c1ccccc1)(c1ccccc1)C(C)(C)C. The molecule has 2 N–H and O–H groups in total. The van der Waals surface area contributed by atoms with Crippen molar-refractivity contribution in [2.45, 2.75) is 63.7 Å². The number of benzene rings is 2. The monoisotopic (exact) mass is 430 g/mol. The number of rotatable bonds is 12. The lowest BCUT2D eigenvalue weighted by atomic mass is 10.0. The highest BCUT2D eigenvalue weighted by molar-refractivity contribution is 6.99. The van der Waals surface area contributed by atoms with Gasteiger partial charge in [-0.3, -0.25) is 0 Å². The molecule has 0 saturated carbocycles. The molecule has 2 rings (SSSR count). The van der Waals surface area contributed by atoms with Gasteiger partial charge in [0.1, 0.15) is 0 Å². The molecule has 0 fully saturated rings. The summed E-state index contributed by atoms with van der Waals surface area (Å²) in [6.45, 7) is 7.50. The maximum Gasteiger partial charge on any atom is 0.261 e. The lowest BCUT2D eigenvalue weighted by Crippen LogP contribution is -2.66. The van der Waals surface area contributed by atoms with Crippen molar-refractivity contribution in [3.63, 3.8) is 0 Å². The van der Waals surface area contributed by atoms with Gasteiger partial charge in [-0.05, 0) is 41.1 Å². The van der Waals surface area contributed by atoms with Crippen LogP contribution in [0, 0.1) is 0 Å². The third-order valence-corrected chi connectivity index (χ3v) is 10.8. The first-order valence-electron chi connectivity index (χ1n) is 10.9. The van der Waals surface area contributed by atoms with E-state index in [2.05, 4.69) is 69.3 Å². The number of hydrogen-bond donors (Lipinski definition) is 2. The molecule has 0 unspecified atom stereocenters. The van der Waals surface area contributed by atoms with Gasteiger partial charge in [-0.2, -0.15) is 0 Å². The van der Waals surface area contributed by atoms with Crippen LogP contribution in [0.1, 0.15) is 46.5 Å². The third kappa shape index (κ3) is 6.02. The van der Waals surface area contributed by atoms with Crippen LogP contribution in [-0.2, 0) is 9.16 Å². The van der Waals surface area contributed by atoms with Crippen LogP contribution in [0.5, 0.6) is 0 Å². The number of ether oxygens (including phenoxy) is 1. The molecule has 0 aliphatic carbocycles. The Bertz CT molecular complexity index is 675. The topological polar surface area (TPSA) is 58.9 Å². The number of hydrogen-bond acceptors (Lipinski definition) is 4. The number of aliphatic hydroxyl groups excluding tert-OH is 2. The Morgan fingerprint density at radius 1 is 0.867 bits per heavy atom. The smallest absolute Gasteiger partial charge is 0.261 e. The summed E-state index contributed by atoms with van der Waals surface area (Å²) in [6, 6.07) is 21.2. The van der Waals surface area contributed by atoms with Crippen molar-refractivity contribution < 1.29 is 19.4 Å². The minimum Gasteiger partial charge on any atom is -0.407 e. The fourth-order valence-corrected chi connectivity index (χ4v) is 8.83. The molecule has 0 spiro atoms. The van der Waals surface area contributed by atoms with Crippen LogP contribution in [0.3, 0.4) is 0 Å².